The van der Waals surface area contributed by atoms with E-state index in [0.29, 0.717) is 5.82 Å². The molecule has 0 radical (unpaired) electrons. The average molecular weight is 391 g/mol. The first-order chi connectivity index (χ1) is 14.7. The van der Waals surface area contributed by atoms with Crippen LogP contribution in [0, 0.1) is 5.41 Å². The molecule has 0 saturated carbocycles. The smallest absolute Gasteiger partial charge is 0.232 e. The Labute approximate surface area is 175 Å². The fourth-order valence-corrected chi connectivity index (χ4v) is 5.54. The van der Waals surface area contributed by atoms with Crippen molar-refractivity contribution in [2.24, 2.45) is 5.41 Å². The first kappa shape index (κ1) is 17.3. The lowest BCUT2D eigenvalue weighted by Gasteiger charge is -2.50. The normalized spacial score (nSPS) is 23.6. The molecule has 1 aromatic heterocycles. The van der Waals surface area contributed by atoms with Gasteiger partial charge in [-0.25, -0.2) is 9.97 Å². The molecule has 4 heteroatoms. The van der Waals surface area contributed by atoms with Crippen LogP contribution in [-0.4, -0.2) is 15.9 Å². The second kappa shape index (κ2) is 6.23. The standard InChI is InChI=1S/C26H21N3O/c1-26(25(30)29-24-20-12-6-7-13-22(20)27-15-28-24)14-21-16-8-2-4-10-18(16)23(26)19-11-5-3-9-17(19)21/h2-13,15,21,23H,14H2,1H3,(H,27,28,29,30). The molecular formula is C26H21N3O. The molecule has 1 unspecified atom stereocenters. The molecule has 3 aromatic carbocycles. The largest absolute Gasteiger partial charge is 0.310 e. The highest BCUT2D eigenvalue weighted by Crippen LogP contribution is 2.61. The highest BCUT2D eigenvalue weighted by Gasteiger charge is 2.53. The Hall–Kier alpha value is -3.53. The van der Waals surface area contributed by atoms with Gasteiger partial charge in [-0.05, 0) is 47.7 Å². The van der Waals surface area contributed by atoms with E-state index in [1.54, 1.807) is 0 Å². The van der Waals surface area contributed by atoms with E-state index in [0.717, 1.165) is 17.3 Å². The van der Waals surface area contributed by atoms with Crippen molar-refractivity contribution in [3.8, 4) is 0 Å². The summed E-state index contributed by atoms with van der Waals surface area (Å²) in [6.07, 6.45) is 2.30. The fraction of sp³-hybridized carbons (Fsp3) is 0.192. The van der Waals surface area contributed by atoms with Crippen molar-refractivity contribution < 1.29 is 4.79 Å². The second-order valence-electron chi connectivity index (χ2n) is 8.56. The number of aromatic nitrogens is 2. The third-order valence-corrected chi connectivity index (χ3v) is 6.92. The molecule has 3 aliphatic carbocycles. The summed E-state index contributed by atoms with van der Waals surface area (Å²) in [5.74, 6) is 0.864. The summed E-state index contributed by atoms with van der Waals surface area (Å²) in [7, 11) is 0. The molecule has 4 aromatic rings. The van der Waals surface area contributed by atoms with Gasteiger partial charge >= 0.3 is 0 Å². The van der Waals surface area contributed by atoms with Crippen molar-refractivity contribution >= 4 is 22.6 Å². The summed E-state index contributed by atoms with van der Waals surface area (Å²) in [5, 5.41) is 4.01. The number of nitrogens with zero attached hydrogens (tertiary/aromatic N) is 2. The number of nitrogens with one attached hydrogen (secondary N) is 1. The van der Waals surface area contributed by atoms with Gasteiger partial charge in [0.15, 0.2) is 0 Å². The summed E-state index contributed by atoms with van der Waals surface area (Å²) in [6, 6.07) is 25.0. The summed E-state index contributed by atoms with van der Waals surface area (Å²) >= 11 is 0. The number of carbonyl (C=O) groups excluding carboxylic acids is 1. The zero-order chi connectivity index (χ0) is 20.3. The minimum atomic E-state index is -0.556. The molecule has 0 aliphatic heterocycles. The lowest BCUT2D eigenvalue weighted by molar-refractivity contribution is -0.126. The van der Waals surface area contributed by atoms with Gasteiger partial charge < -0.3 is 5.32 Å². The molecule has 0 saturated heterocycles. The Morgan fingerprint density at radius 2 is 1.47 bits per heavy atom. The topological polar surface area (TPSA) is 54.9 Å². The summed E-state index contributed by atoms with van der Waals surface area (Å²) in [4.78, 5) is 22.5. The van der Waals surface area contributed by atoms with Crippen molar-refractivity contribution in [2.75, 3.05) is 5.32 Å². The van der Waals surface area contributed by atoms with Crippen LogP contribution >= 0.6 is 0 Å². The molecule has 1 heterocycles. The van der Waals surface area contributed by atoms with Crippen LogP contribution in [0.2, 0.25) is 0 Å². The van der Waals surface area contributed by atoms with E-state index in [-0.39, 0.29) is 17.7 Å². The van der Waals surface area contributed by atoms with Gasteiger partial charge in [0.25, 0.3) is 0 Å². The molecule has 1 N–H and O–H groups in total. The number of fused-ring (bicyclic) bond motifs is 2. The number of rotatable bonds is 2. The zero-order valence-electron chi connectivity index (χ0n) is 16.7. The predicted octanol–water partition coefficient (Wildman–Crippen LogP) is 5.26. The maximum atomic E-state index is 13.8. The number of anilines is 1. The molecule has 4 nitrogen and oxygen atoms in total. The van der Waals surface area contributed by atoms with Gasteiger partial charge in [0.2, 0.25) is 5.91 Å². The number of carbonyl (C=O) groups is 1. The SMILES string of the molecule is CC1(C(=O)Nc2ncnc3ccccc23)CC2c3ccccc3C1c1ccccc12. The first-order valence-corrected chi connectivity index (χ1v) is 10.4. The van der Waals surface area contributed by atoms with Crippen molar-refractivity contribution in [1.29, 1.82) is 0 Å². The number of hydrogen-bond donors (Lipinski definition) is 1. The van der Waals surface area contributed by atoms with Gasteiger partial charge in [0, 0.05) is 17.2 Å². The molecule has 30 heavy (non-hydrogen) atoms. The summed E-state index contributed by atoms with van der Waals surface area (Å²) in [5.41, 5.74) is 5.54. The number of benzene rings is 3. The molecule has 7 rings (SSSR count). The number of para-hydroxylation sites is 1. The fourth-order valence-electron chi connectivity index (χ4n) is 5.54. The minimum absolute atomic E-state index is 0.0189. The summed E-state index contributed by atoms with van der Waals surface area (Å²) < 4.78 is 0. The average Bonchev–Trinajstić information content (AvgIpc) is 2.79. The maximum Gasteiger partial charge on any atom is 0.232 e. The van der Waals surface area contributed by atoms with Crippen LogP contribution in [0.1, 0.15) is 47.4 Å². The third kappa shape index (κ3) is 2.31. The molecule has 1 atom stereocenters. The van der Waals surface area contributed by atoms with E-state index in [4.69, 9.17) is 0 Å². The Bertz CT molecular complexity index is 1260. The van der Waals surface area contributed by atoms with E-state index in [1.807, 2.05) is 24.3 Å². The van der Waals surface area contributed by atoms with Crippen molar-refractivity contribution in [3.05, 3.63) is 101 Å². The predicted molar refractivity (Wildman–Crippen MR) is 117 cm³/mol. The van der Waals surface area contributed by atoms with E-state index in [9.17, 15) is 4.79 Å². The van der Waals surface area contributed by atoms with E-state index in [2.05, 4.69) is 70.7 Å². The molecule has 0 spiro atoms. The Kier molecular flexibility index (Phi) is 3.60. The van der Waals surface area contributed by atoms with Gasteiger partial charge in [-0.1, -0.05) is 60.7 Å². The number of hydrogen-bond acceptors (Lipinski definition) is 3. The van der Waals surface area contributed by atoms with E-state index in [1.165, 1.54) is 28.6 Å². The van der Waals surface area contributed by atoms with Gasteiger partial charge in [-0.2, -0.15) is 0 Å². The van der Waals surface area contributed by atoms with Crippen LogP contribution in [0.4, 0.5) is 5.82 Å². The molecule has 146 valence electrons. The van der Waals surface area contributed by atoms with Crippen LogP contribution < -0.4 is 5.32 Å². The maximum absolute atomic E-state index is 13.8. The quantitative estimate of drug-likeness (QED) is 0.507. The molecule has 0 fully saturated rings. The Morgan fingerprint density at radius 3 is 2.17 bits per heavy atom. The Morgan fingerprint density at radius 1 is 0.867 bits per heavy atom. The Balaban J connectivity index is 1.46. The van der Waals surface area contributed by atoms with Crippen LogP contribution in [-0.2, 0) is 4.79 Å². The van der Waals surface area contributed by atoms with Gasteiger partial charge in [0.1, 0.15) is 12.1 Å². The molecule has 2 bridgehead atoms. The van der Waals surface area contributed by atoms with Gasteiger partial charge in [-0.15, -0.1) is 0 Å². The lowest BCUT2D eigenvalue weighted by Crippen LogP contribution is -2.47. The zero-order valence-corrected chi connectivity index (χ0v) is 16.7. The lowest BCUT2D eigenvalue weighted by atomic mass is 9.52. The highest BCUT2D eigenvalue weighted by atomic mass is 16.2. The van der Waals surface area contributed by atoms with Crippen molar-refractivity contribution in [3.63, 3.8) is 0 Å². The van der Waals surface area contributed by atoms with Gasteiger partial charge in [-0.3, -0.25) is 4.79 Å². The van der Waals surface area contributed by atoms with E-state index < -0.39 is 5.41 Å². The van der Waals surface area contributed by atoms with Crippen molar-refractivity contribution in [2.45, 2.75) is 25.2 Å². The van der Waals surface area contributed by atoms with Crippen LogP contribution in [0.5, 0.6) is 0 Å². The second-order valence-corrected chi connectivity index (χ2v) is 8.56. The minimum Gasteiger partial charge on any atom is -0.310 e. The van der Waals surface area contributed by atoms with E-state index >= 15 is 0 Å². The van der Waals surface area contributed by atoms with Crippen LogP contribution in [0.15, 0.2) is 79.1 Å². The molecule has 1 amide bonds. The molecular weight excluding hydrogens is 370 g/mol. The van der Waals surface area contributed by atoms with Crippen LogP contribution in [0.3, 0.4) is 0 Å². The number of amides is 1. The van der Waals surface area contributed by atoms with Crippen LogP contribution in [0.25, 0.3) is 10.9 Å². The monoisotopic (exact) mass is 391 g/mol. The molecule has 3 aliphatic rings. The summed E-state index contributed by atoms with van der Waals surface area (Å²) in [6.45, 7) is 2.11. The first-order valence-electron chi connectivity index (χ1n) is 10.4. The van der Waals surface area contributed by atoms with Gasteiger partial charge in [0.05, 0.1) is 10.9 Å². The highest BCUT2D eigenvalue weighted by molar-refractivity contribution is 6.02. The van der Waals surface area contributed by atoms with Crippen molar-refractivity contribution in [1.82, 2.24) is 9.97 Å². The third-order valence-electron chi connectivity index (χ3n) is 6.92.